The van der Waals surface area contributed by atoms with Crippen molar-refractivity contribution in [3.63, 3.8) is 0 Å². The van der Waals surface area contributed by atoms with Crippen molar-refractivity contribution in [1.29, 1.82) is 0 Å². The number of carbonyl (C=O) groups excluding carboxylic acids is 1. The SMILES string of the molecule is C/C=C\[C@@H](C)C(=O)OCCCCCC. The molecule has 1 atom stereocenters. The molecule has 0 spiro atoms. The Morgan fingerprint density at radius 1 is 1.36 bits per heavy atom. The van der Waals surface area contributed by atoms with Crippen LogP contribution in [-0.2, 0) is 9.53 Å². The molecular weight excluding hydrogens is 176 g/mol. The Kier molecular flexibility index (Phi) is 8.30. The molecule has 14 heavy (non-hydrogen) atoms. The molecule has 2 heteroatoms. The Labute approximate surface area is 87.3 Å². The van der Waals surface area contributed by atoms with Crippen LogP contribution in [0.4, 0.5) is 0 Å². The fourth-order valence-electron chi connectivity index (χ4n) is 1.20. The van der Waals surface area contributed by atoms with Crippen molar-refractivity contribution in [3.8, 4) is 0 Å². The lowest BCUT2D eigenvalue weighted by atomic mass is 10.2. The number of unbranched alkanes of at least 4 members (excludes halogenated alkanes) is 3. The minimum atomic E-state index is -0.111. The maximum Gasteiger partial charge on any atom is 0.312 e. The second kappa shape index (κ2) is 8.79. The van der Waals surface area contributed by atoms with Crippen LogP contribution in [0.5, 0.6) is 0 Å². The van der Waals surface area contributed by atoms with Gasteiger partial charge in [0.1, 0.15) is 0 Å². The average molecular weight is 198 g/mol. The van der Waals surface area contributed by atoms with Crippen LogP contribution in [0.25, 0.3) is 0 Å². The first-order chi connectivity index (χ1) is 6.72. The average Bonchev–Trinajstić information content (AvgIpc) is 2.17. The third kappa shape index (κ3) is 6.70. The zero-order valence-electron chi connectivity index (χ0n) is 9.58. The molecule has 0 rings (SSSR count). The molecule has 0 aromatic heterocycles. The fraction of sp³-hybridized carbons (Fsp3) is 0.750. The number of rotatable bonds is 7. The van der Waals surface area contributed by atoms with E-state index in [-0.39, 0.29) is 11.9 Å². The van der Waals surface area contributed by atoms with E-state index in [2.05, 4.69) is 6.92 Å². The predicted molar refractivity (Wildman–Crippen MR) is 59.1 cm³/mol. The van der Waals surface area contributed by atoms with Crippen molar-refractivity contribution in [2.24, 2.45) is 5.92 Å². The molecule has 0 bridgehead atoms. The van der Waals surface area contributed by atoms with Gasteiger partial charge in [0.2, 0.25) is 0 Å². The summed E-state index contributed by atoms with van der Waals surface area (Å²) in [4.78, 5) is 11.3. The summed E-state index contributed by atoms with van der Waals surface area (Å²) >= 11 is 0. The summed E-state index contributed by atoms with van der Waals surface area (Å²) in [6, 6.07) is 0. The lowest BCUT2D eigenvalue weighted by Crippen LogP contribution is -2.13. The molecule has 0 aromatic carbocycles. The van der Waals surface area contributed by atoms with Crippen LogP contribution in [0.1, 0.15) is 46.5 Å². The molecule has 0 unspecified atom stereocenters. The standard InChI is InChI=1S/C12H22O2/c1-4-6-7-8-10-14-12(13)11(3)9-5-2/h5,9,11H,4,6-8,10H2,1-3H3/b9-5-/t11-/m1/s1. The highest BCUT2D eigenvalue weighted by molar-refractivity contribution is 5.73. The monoisotopic (exact) mass is 198 g/mol. The number of hydrogen-bond acceptors (Lipinski definition) is 2. The molecule has 0 fully saturated rings. The van der Waals surface area contributed by atoms with E-state index in [4.69, 9.17) is 4.74 Å². The summed E-state index contributed by atoms with van der Waals surface area (Å²) < 4.78 is 5.11. The van der Waals surface area contributed by atoms with E-state index in [0.29, 0.717) is 6.61 Å². The molecule has 82 valence electrons. The summed E-state index contributed by atoms with van der Waals surface area (Å²) in [5.41, 5.74) is 0. The molecule has 0 amide bonds. The van der Waals surface area contributed by atoms with E-state index in [0.717, 1.165) is 12.8 Å². The van der Waals surface area contributed by atoms with Crippen LogP contribution in [0, 0.1) is 5.92 Å². The number of ether oxygens (including phenoxy) is 1. The second-order valence-corrected chi connectivity index (χ2v) is 3.54. The van der Waals surface area contributed by atoms with Crippen LogP contribution in [0.3, 0.4) is 0 Å². The zero-order chi connectivity index (χ0) is 10.8. The highest BCUT2D eigenvalue weighted by Crippen LogP contribution is 2.03. The topological polar surface area (TPSA) is 26.3 Å². The van der Waals surface area contributed by atoms with Gasteiger partial charge in [-0.1, -0.05) is 38.3 Å². The molecule has 0 aromatic rings. The van der Waals surface area contributed by atoms with E-state index in [1.165, 1.54) is 12.8 Å². The molecule has 2 nitrogen and oxygen atoms in total. The van der Waals surface area contributed by atoms with E-state index >= 15 is 0 Å². The first kappa shape index (κ1) is 13.2. The number of carbonyl (C=O) groups is 1. The van der Waals surface area contributed by atoms with Gasteiger partial charge in [-0.05, 0) is 20.3 Å². The molecule has 0 radical (unpaired) electrons. The maximum atomic E-state index is 11.3. The van der Waals surface area contributed by atoms with E-state index in [9.17, 15) is 4.79 Å². The van der Waals surface area contributed by atoms with Crippen LogP contribution in [0.15, 0.2) is 12.2 Å². The van der Waals surface area contributed by atoms with Gasteiger partial charge in [0.15, 0.2) is 0 Å². The van der Waals surface area contributed by atoms with Crippen molar-refractivity contribution in [1.82, 2.24) is 0 Å². The van der Waals surface area contributed by atoms with Gasteiger partial charge < -0.3 is 4.74 Å². The molecule has 0 aliphatic rings. The van der Waals surface area contributed by atoms with Crippen LogP contribution >= 0.6 is 0 Å². The van der Waals surface area contributed by atoms with Crippen molar-refractivity contribution >= 4 is 5.97 Å². The Morgan fingerprint density at radius 2 is 2.07 bits per heavy atom. The van der Waals surface area contributed by atoms with Gasteiger partial charge in [0, 0.05) is 0 Å². The molecule has 0 N–H and O–H groups in total. The lowest BCUT2D eigenvalue weighted by molar-refractivity contribution is -0.146. The van der Waals surface area contributed by atoms with E-state index in [1.54, 1.807) is 0 Å². The first-order valence-corrected chi connectivity index (χ1v) is 5.51. The highest BCUT2D eigenvalue weighted by Gasteiger charge is 2.09. The summed E-state index contributed by atoms with van der Waals surface area (Å²) in [6.07, 6.45) is 8.31. The molecular formula is C12H22O2. The predicted octanol–water partition coefficient (Wildman–Crippen LogP) is 3.32. The van der Waals surface area contributed by atoms with Gasteiger partial charge in [0.25, 0.3) is 0 Å². The van der Waals surface area contributed by atoms with Crippen LogP contribution in [-0.4, -0.2) is 12.6 Å². The minimum Gasteiger partial charge on any atom is -0.465 e. The van der Waals surface area contributed by atoms with Crippen LogP contribution < -0.4 is 0 Å². The summed E-state index contributed by atoms with van der Waals surface area (Å²) in [5, 5.41) is 0. The molecule has 0 aliphatic heterocycles. The first-order valence-electron chi connectivity index (χ1n) is 5.51. The molecule has 0 aliphatic carbocycles. The maximum absolute atomic E-state index is 11.3. The van der Waals surface area contributed by atoms with Gasteiger partial charge >= 0.3 is 5.97 Å². The van der Waals surface area contributed by atoms with Crippen molar-refractivity contribution in [2.75, 3.05) is 6.61 Å². The van der Waals surface area contributed by atoms with Gasteiger partial charge in [-0.25, -0.2) is 0 Å². The van der Waals surface area contributed by atoms with E-state index in [1.807, 2.05) is 26.0 Å². The minimum absolute atomic E-state index is 0.105. The van der Waals surface area contributed by atoms with Crippen molar-refractivity contribution < 1.29 is 9.53 Å². The normalized spacial score (nSPS) is 13.1. The number of allylic oxidation sites excluding steroid dienone is 1. The number of esters is 1. The summed E-state index contributed by atoms with van der Waals surface area (Å²) in [7, 11) is 0. The van der Waals surface area contributed by atoms with Gasteiger partial charge in [-0.3, -0.25) is 4.79 Å². The third-order valence-electron chi connectivity index (χ3n) is 2.10. The smallest absolute Gasteiger partial charge is 0.312 e. The number of hydrogen-bond donors (Lipinski definition) is 0. The van der Waals surface area contributed by atoms with Gasteiger partial charge in [-0.2, -0.15) is 0 Å². The Hall–Kier alpha value is -0.790. The molecule has 0 heterocycles. The fourth-order valence-corrected chi connectivity index (χ4v) is 1.20. The Balaban J connectivity index is 3.44. The van der Waals surface area contributed by atoms with Gasteiger partial charge in [0.05, 0.1) is 12.5 Å². The van der Waals surface area contributed by atoms with Crippen molar-refractivity contribution in [2.45, 2.75) is 46.5 Å². The molecule has 0 saturated heterocycles. The largest absolute Gasteiger partial charge is 0.465 e. The quantitative estimate of drug-likeness (QED) is 0.356. The van der Waals surface area contributed by atoms with E-state index < -0.39 is 0 Å². The zero-order valence-corrected chi connectivity index (χ0v) is 9.58. The third-order valence-corrected chi connectivity index (χ3v) is 2.10. The Morgan fingerprint density at radius 3 is 2.64 bits per heavy atom. The summed E-state index contributed by atoms with van der Waals surface area (Å²) in [5.74, 6) is -0.217. The molecule has 0 saturated carbocycles. The van der Waals surface area contributed by atoms with Crippen LogP contribution in [0.2, 0.25) is 0 Å². The highest BCUT2D eigenvalue weighted by atomic mass is 16.5. The van der Waals surface area contributed by atoms with Gasteiger partial charge in [-0.15, -0.1) is 0 Å². The van der Waals surface area contributed by atoms with Crippen molar-refractivity contribution in [3.05, 3.63) is 12.2 Å². The second-order valence-electron chi connectivity index (χ2n) is 3.54. The summed E-state index contributed by atoms with van der Waals surface area (Å²) in [6.45, 7) is 6.50. The lowest BCUT2D eigenvalue weighted by Gasteiger charge is -2.07. The Bertz CT molecular complexity index is 173.